The first-order valence-electron chi connectivity index (χ1n) is 5.56. The molecule has 2 fully saturated rings. The predicted molar refractivity (Wildman–Crippen MR) is 53.9 cm³/mol. The largest absolute Gasteiger partial charge is 0.375 e. The van der Waals surface area contributed by atoms with Crippen LogP contribution in [-0.4, -0.2) is 37.6 Å². The summed E-state index contributed by atoms with van der Waals surface area (Å²) in [6.07, 6.45) is 5.33. The second-order valence-corrected chi connectivity index (χ2v) is 4.63. The van der Waals surface area contributed by atoms with Crippen LogP contribution in [0.4, 0.5) is 0 Å². The summed E-state index contributed by atoms with van der Waals surface area (Å²) in [6.45, 7) is 2.19. The lowest BCUT2D eigenvalue weighted by atomic mass is 9.78. The zero-order valence-electron chi connectivity index (χ0n) is 8.87. The maximum atomic E-state index is 11.6. The highest BCUT2D eigenvalue weighted by Gasteiger charge is 2.32. The summed E-state index contributed by atoms with van der Waals surface area (Å²) < 4.78 is 4.89. The lowest BCUT2D eigenvalue weighted by Gasteiger charge is -2.41. The van der Waals surface area contributed by atoms with E-state index in [2.05, 4.69) is 0 Å². The zero-order valence-corrected chi connectivity index (χ0v) is 8.87. The first kappa shape index (κ1) is 9.97. The highest BCUT2D eigenvalue weighted by molar-refractivity contribution is 5.77. The third-order valence-corrected chi connectivity index (χ3v) is 3.47. The van der Waals surface area contributed by atoms with Crippen molar-refractivity contribution >= 4 is 5.91 Å². The third kappa shape index (κ3) is 2.08. The van der Waals surface area contributed by atoms with E-state index in [9.17, 15) is 4.79 Å². The fraction of sp³-hybridized carbons (Fsp3) is 0.909. The molecule has 2 rings (SSSR count). The molecule has 1 heterocycles. The summed E-state index contributed by atoms with van der Waals surface area (Å²) in [5.41, 5.74) is 0. The van der Waals surface area contributed by atoms with Gasteiger partial charge in [-0.2, -0.15) is 0 Å². The molecule has 1 saturated carbocycles. The van der Waals surface area contributed by atoms with Crippen molar-refractivity contribution in [3.05, 3.63) is 0 Å². The highest BCUT2D eigenvalue weighted by Crippen LogP contribution is 2.34. The Morgan fingerprint density at radius 3 is 2.57 bits per heavy atom. The summed E-state index contributed by atoms with van der Waals surface area (Å²) >= 11 is 0. The summed E-state index contributed by atoms with van der Waals surface area (Å²) in [7, 11) is 1.59. The number of amides is 1. The van der Waals surface area contributed by atoms with Gasteiger partial charge in [-0.3, -0.25) is 4.79 Å². The Labute approximate surface area is 85.4 Å². The van der Waals surface area contributed by atoms with Gasteiger partial charge in [-0.25, -0.2) is 0 Å². The molecule has 3 nitrogen and oxygen atoms in total. The Balaban J connectivity index is 1.91. The Morgan fingerprint density at radius 1 is 1.36 bits per heavy atom. The van der Waals surface area contributed by atoms with Crippen molar-refractivity contribution in [3.8, 4) is 0 Å². The number of rotatable bonds is 2. The summed E-state index contributed by atoms with van der Waals surface area (Å²) in [4.78, 5) is 13.6. The van der Waals surface area contributed by atoms with Gasteiger partial charge in [-0.05, 0) is 31.1 Å². The van der Waals surface area contributed by atoms with Gasteiger partial charge in [0.1, 0.15) is 6.61 Å². The maximum absolute atomic E-state index is 11.6. The van der Waals surface area contributed by atoms with Crippen LogP contribution >= 0.6 is 0 Å². The van der Waals surface area contributed by atoms with Crippen molar-refractivity contribution in [1.29, 1.82) is 0 Å². The molecular formula is C11H19NO2. The number of ether oxygens (including phenoxy) is 1. The number of hydrogen-bond donors (Lipinski definition) is 0. The fourth-order valence-corrected chi connectivity index (χ4v) is 2.85. The monoisotopic (exact) mass is 197 g/mol. The summed E-state index contributed by atoms with van der Waals surface area (Å²) in [5.74, 6) is 1.70. The zero-order chi connectivity index (χ0) is 9.97. The molecule has 1 aliphatic heterocycles. The molecule has 0 aromatic rings. The van der Waals surface area contributed by atoms with Crippen LogP contribution in [0.25, 0.3) is 0 Å². The minimum atomic E-state index is 0.170. The molecule has 14 heavy (non-hydrogen) atoms. The van der Waals surface area contributed by atoms with Crippen molar-refractivity contribution in [2.45, 2.75) is 25.7 Å². The molecule has 1 saturated heterocycles. The van der Waals surface area contributed by atoms with E-state index >= 15 is 0 Å². The van der Waals surface area contributed by atoms with Crippen LogP contribution in [0.2, 0.25) is 0 Å². The molecule has 2 unspecified atom stereocenters. The van der Waals surface area contributed by atoms with Gasteiger partial charge in [0.2, 0.25) is 5.91 Å². The Morgan fingerprint density at radius 2 is 2.00 bits per heavy atom. The predicted octanol–water partition coefficient (Wildman–Crippen LogP) is 1.28. The molecule has 2 atom stereocenters. The molecule has 0 spiro atoms. The van der Waals surface area contributed by atoms with Crippen LogP contribution in [0.3, 0.4) is 0 Å². The smallest absolute Gasteiger partial charge is 0.248 e. The molecular weight excluding hydrogens is 178 g/mol. The van der Waals surface area contributed by atoms with Gasteiger partial charge in [0, 0.05) is 20.2 Å². The van der Waals surface area contributed by atoms with Gasteiger partial charge in [-0.1, -0.05) is 6.42 Å². The van der Waals surface area contributed by atoms with Gasteiger partial charge in [0.05, 0.1) is 0 Å². The number of likely N-dealkylation sites (tertiary alicyclic amines) is 1. The van der Waals surface area contributed by atoms with Crippen molar-refractivity contribution < 1.29 is 9.53 Å². The van der Waals surface area contributed by atoms with E-state index in [0.29, 0.717) is 0 Å². The highest BCUT2D eigenvalue weighted by atomic mass is 16.5. The van der Waals surface area contributed by atoms with Gasteiger partial charge in [0.15, 0.2) is 0 Å². The molecule has 2 bridgehead atoms. The SMILES string of the molecule is COCC(=O)N1CC2CCCC(C2)C1. The Bertz CT molecular complexity index is 205. The molecule has 0 radical (unpaired) electrons. The van der Waals surface area contributed by atoms with E-state index in [1.165, 1.54) is 25.7 Å². The van der Waals surface area contributed by atoms with Gasteiger partial charge >= 0.3 is 0 Å². The van der Waals surface area contributed by atoms with E-state index < -0.39 is 0 Å². The first-order chi connectivity index (χ1) is 6.79. The van der Waals surface area contributed by atoms with Crippen LogP contribution in [0.1, 0.15) is 25.7 Å². The molecule has 0 aromatic heterocycles. The van der Waals surface area contributed by atoms with E-state index in [1.54, 1.807) is 7.11 Å². The second-order valence-electron chi connectivity index (χ2n) is 4.63. The average Bonchev–Trinajstić information content (AvgIpc) is 2.17. The molecule has 3 heteroatoms. The van der Waals surface area contributed by atoms with Gasteiger partial charge in [0.25, 0.3) is 0 Å². The van der Waals surface area contributed by atoms with E-state index in [-0.39, 0.29) is 12.5 Å². The van der Waals surface area contributed by atoms with Crippen LogP contribution in [-0.2, 0) is 9.53 Å². The Hall–Kier alpha value is -0.570. The van der Waals surface area contributed by atoms with Crippen molar-refractivity contribution in [2.75, 3.05) is 26.8 Å². The second kappa shape index (κ2) is 4.30. The van der Waals surface area contributed by atoms with E-state index in [0.717, 1.165) is 24.9 Å². The topological polar surface area (TPSA) is 29.5 Å². The minimum absolute atomic E-state index is 0.170. The maximum Gasteiger partial charge on any atom is 0.248 e. The summed E-state index contributed by atoms with van der Waals surface area (Å²) in [5, 5.41) is 0. The number of hydrogen-bond acceptors (Lipinski definition) is 2. The third-order valence-electron chi connectivity index (χ3n) is 3.47. The van der Waals surface area contributed by atoms with Gasteiger partial charge in [-0.15, -0.1) is 0 Å². The molecule has 2 aliphatic rings. The van der Waals surface area contributed by atoms with Crippen LogP contribution < -0.4 is 0 Å². The standard InChI is InChI=1S/C11H19NO2/c1-14-8-11(13)12-6-9-3-2-4-10(5-9)7-12/h9-10H,2-8H2,1H3. The molecule has 80 valence electrons. The molecule has 0 N–H and O–H groups in total. The van der Waals surface area contributed by atoms with Crippen LogP contribution in [0, 0.1) is 11.8 Å². The summed E-state index contributed by atoms with van der Waals surface area (Å²) in [6, 6.07) is 0. The number of carbonyl (C=O) groups excluding carboxylic acids is 1. The lowest BCUT2D eigenvalue weighted by molar-refractivity contribution is -0.138. The number of piperidine rings is 1. The van der Waals surface area contributed by atoms with Crippen LogP contribution in [0.5, 0.6) is 0 Å². The van der Waals surface area contributed by atoms with Crippen molar-refractivity contribution in [2.24, 2.45) is 11.8 Å². The first-order valence-corrected chi connectivity index (χ1v) is 5.56. The quantitative estimate of drug-likeness (QED) is 0.667. The van der Waals surface area contributed by atoms with Gasteiger partial charge < -0.3 is 9.64 Å². The Kier molecular flexibility index (Phi) is 3.06. The lowest BCUT2D eigenvalue weighted by Crippen LogP contribution is -2.46. The molecule has 0 aromatic carbocycles. The van der Waals surface area contributed by atoms with Crippen LogP contribution in [0.15, 0.2) is 0 Å². The number of methoxy groups -OCH3 is 1. The molecule has 1 aliphatic carbocycles. The number of nitrogens with zero attached hydrogens (tertiary/aromatic N) is 1. The van der Waals surface area contributed by atoms with E-state index in [4.69, 9.17) is 4.74 Å². The minimum Gasteiger partial charge on any atom is -0.375 e. The average molecular weight is 197 g/mol. The van der Waals surface area contributed by atoms with Crippen molar-refractivity contribution in [1.82, 2.24) is 4.90 Å². The fourth-order valence-electron chi connectivity index (χ4n) is 2.85. The molecule has 1 amide bonds. The number of fused-ring (bicyclic) bond motifs is 2. The van der Waals surface area contributed by atoms with E-state index in [1.807, 2.05) is 4.90 Å². The normalized spacial score (nSPS) is 31.6. The number of carbonyl (C=O) groups is 1. The van der Waals surface area contributed by atoms with Crippen molar-refractivity contribution in [3.63, 3.8) is 0 Å².